The molecule has 2 saturated heterocycles. The first-order valence-corrected chi connectivity index (χ1v) is 16.0. The number of hydrogen-bond acceptors (Lipinski definition) is 8. The maximum atomic E-state index is 14.1. The molecule has 1 aromatic heterocycles. The third-order valence-electron chi connectivity index (χ3n) is 6.57. The Labute approximate surface area is 210 Å². The van der Waals surface area contributed by atoms with Gasteiger partial charge in [0.1, 0.15) is 12.3 Å². The van der Waals surface area contributed by atoms with Crippen molar-refractivity contribution in [2.45, 2.75) is 70.0 Å². The molecule has 3 heterocycles. The van der Waals surface area contributed by atoms with E-state index in [2.05, 4.69) is 30.1 Å². The number of anilines is 1. The van der Waals surface area contributed by atoms with E-state index in [1.807, 2.05) is 0 Å². The van der Waals surface area contributed by atoms with Crippen LogP contribution in [0.15, 0.2) is 11.0 Å². The van der Waals surface area contributed by atoms with Gasteiger partial charge in [-0.2, -0.15) is 18.3 Å². The lowest BCUT2D eigenvalue weighted by molar-refractivity contribution is -0.147. The van der Waals surface area contributed by atoms with Crippen molar-refractivity contribution >= 4 is 19.7 Å². The van der Waals surface area contributed by atoms with Crippen molar-refractivity contribution in [1.82, 2.24) is 15.1 Å². The Kier molecular flexibility index (Phi) is 9.58. The molecular weight excluding hydrogens is 497 g/mol. The second kappa shape index (κ2) is 12.1. The van der Waals surface area contributed by atoms with Gasteiger partial charge in [-0.05, 0) is 25.3 Å². The molecule has 3 rings (SSSR count). The molecule has 0 spiro atoms. The number of carbonyl (C=O) groups is 1. The van der Waals surface area contributed by atoms with Crippen LogP contribution in [0.4, 0.5) is 18.9 Å². The van der Waals surface area contributed by atoms with E-state index < -0.39 is 25.4 Å². The quantitative estimate of drug-likeness (QED) is 0.278. The van der Waals surface area contributed by atoms with Gasteiger partial charge in [0.05, 0.1) is 43.7 Å². The van der Waals surface area contributed by atoms with Crippen molar-refractivity contribution in [3.05, 3.63) is 22.1 Å². The van der Waals surface area contributed by atoms with E-state index in [1.165, 1.54) is 7.11 Å². The predicted molar refractivity (Wildman–Crippen MR) is 131 cm³/mol. The molecule has 0 aliphatic carbocycles. The average molecular weight is 535 g/mol. The summed E-state index contributed by atoms with van der Waals surface area (Å²) in [4.78, 5) is 26.2. The van der Waals surface area contributed by atoms with E-state index in [9.17, 15) is 22.8 Å². The minimum atomic E-state index is -4.84. The fourth-order valence-electron chi connectivity index (χ4n) is 4.53. The van der Waals surface area contributed by atoms with Gasteiger partial charge in [-0.1, -0.05) is 19.6 Å². The molecule has 36 heavy (non-hydrogen) atoms. The molecule has 1 N–H and O–H groups in total. The zero-order chi connectivity index (χ0) is 26.5. The van der Waals surface area contributed by atoms with Crippen molar-refractivity contribution in [2.75, 3.05) is 44.9 Å². The lowest BCUT2D eigenvalue weighted by atomic mass is 9.97. The van der Waals surface area contributed by atoms with Crippen LogP contribution in [0.2, 0.25) is 25.7 Å². The number of piperidine rings is 1. The molecular formula is C23H37F3N4O5Si. The standard InChI is InChI=1S/C23H37F3N4O5Si/c1-33-22(32)16-10-18(12-27-11-16)35-14-17-6-5-7-29(17)19-13-28-30(15-34-8-9-36(2,3)4)21(31)20(19)23(24,25)26/h13,16-18,27H,5-12,14-15H2,1-4H3/t16?,17-,18?/m0/s1. The van der Waals surface area contributed by atoms with E-state index in [0.29, 0.717) is 45.5 Å². The van der Waals surface area contributed by atoms with Gasteiger partial charge in [-0.15, -0.1) is 0 Å². The van der Waals surface area contributed by atoms with Crippen molar-refractivity contribution in [3.63, 3.8) is 0 Å². The molecule has 0 bridgehead atoms. The number of esters is 1. The Morgan fingerprint density at radius 2 is 2.03 bits per heavy atom. The van der Waals surface area contributed by atoms with Crippen LogP contribution in [-0.4, -0.2) is 75.9 Å². The normalized spacial score (nSPS) is 23.2. The summed E-state index contributed by atoms with van der Waals surface area (Å²) in [5.41, 5.74) is -2.67. The van der Waals surface area contributed by atoms with Gasteiger partial charge in [-0.3, -0.25) is 9.59 Å². The number of rotatable bonds is 10. The third kappa shape index (κ3) is 7.53. The molecule has 2 aliphatic rings. The summed E-state index contributed by atoms with van der Waals surface area (Å²) in [6.07, 6.45) is -2.21. The first kappa shape index (κ1) is 28.6. The number of halogens is 3. The molecule has 2 aliphatic heterocycles. The van der Waals surface area contributed by atoms with E-state index in [4.69, 9.17) is 14.2 Å². The summed E-state index contributed by atoms with van der Waals surface area (Å²) in [6.45, 7) is 8.12. The van der Waals surface area contributed by atoms with Gasteiger partial charge in [0.25, 0.3) is 5.56 Å². The average Bonchev–Trinajstić information content (AvgIpc) is 3.27. The molecule has 0 saturated carbocycles. The zero-order valence-corrected chi connectivity index (χ0v) is 22.4. The van der Waals surface area contributed by atoms with Crippen LogP contribution < -0.4 is 15.8 Å². The largest absolute Gasteiger partial charge is 0.469 e. The topological polar surface area (TPSA) is 94.9 Å². The molecule has 204 valence electrons. The highest BCUT2D eigenvalue weighted by Gasteiger charge is 2.41. The SMILES string of the molecule is COC(=O)C1CNCC(OC[C@@H]2CCCN2c2cnn(COCC[Si](C)(C)C)c(=O)c2C(F)(F)F)C1. The summed E-state index contributed by atoms with van der Waals surface area (Å²) < 4.78 is 59.2. The van der Waals surface area contributed by atoms with Gasteiger partial charge in [0.15, 0.2) is 0 Å². The molecule has 0 amide bonds. The van der Waals surface area contributed by atoms with Crippen molar-refractivity contribution in [3.8, 4) is 0 Å². The van der Waals surface area contributed by atoms with Gasteiger partial charge < -0.3 is 24.4 Å². The van der Waals surface area contributed by atoms with E-state index in [0.717, 1.165) is 16.9 Å². The highest BCUT2D eigenvalue weighted by Crippen LogP contribution is 2.36. The van der Waals surface area contributed by atoms with E-state index >= 15 is 0 Å². The van der Waals surface area contributed by atoms with Crippen LogP contribution in [0, 0.1) is 5.92 Å². The molecule has 13 heteroatoms. The molecule has 9 nitrogen and oxygen atoms in total. The maximum absolute atomic E-state index is 14.1. The van der Waals surface area contributed by atoms with E-state index in [-0.39, 0.29) is 43.1 Å². The Balaban J connectivity index is 1.71. The number of nitrogens with one attached hydrogen (secondary N) is 1. The first-order valence-electron chi connectivity index (χ1n) is 12.3. The minimum absolute atomic E-state index is 0.181. The lowest BCUT2D eigenvalue weighted by Crippen LogP contribution is -2.45. The van der Waals surface area contributed by atoms with Crippen molar-refractivity contribution in [2.24, 2.45) is 5.92 Å². The zero-order valence-electron chi connectivity index (χ0n) is 21.4. The number of hydrogen-bond donors (Lipinski definition) is 1. The summed E-state index contributed by atoms with van der Waals surface area (Å²) in [5.74, 6) is -0.640. The fraction of sp³-hybridized carbons (Fsp3) is 0.783. The number of methoxy groups -OCH3 is 1. The second-order valence-corrected chi connectivity index (χ2v) is 16.2. The van der Waals surface area contributed by atoms with Gasteiger partial charge >= 0.3 is 12.1 Å². The van der Waals surface area contributed by atoms with Gasteiger partial charge in [0, 0.05) is 34.3 Å². The first-order chi connectivity index (χ1) is 16.9. The lowest BCUT2D eigenvalue weighted by Gasteiger charge is -2.32. The molecule has 3 atom stereocenters. The van der Waals surface area contributed by atoms with Crippen LogP contribution in [0.1, 0.15) is 24.8 Å². The van der Waals surface area contributed by atoms with Crippen LogP contribution in [0.3, 0.4) is 0 Å². The fourth-order valence-corrected chi connectivity index (χ4v) is 5.29. The smallest absolute Gasteiger partial charge is 0.423 e. The molecule has 2 fully saturated rings. The Morgan fingerprint density at radius 3 is 2.69 bits per heavy atom. The summed E-state index contributed by atoms with van der Waals surface area (Å²) in [5, 5.41) is 7.14. The van der Waals surface area contributed by atoms with Crippen LogP contribution in [-0.2, 0) is 31.9 Å². The Hall–Kier alpha value is -1.96. The van der Waals surface area contributed by atoms with Crippen molar-refractivity contribution < 1.29 is 32.2 Å². The molecule has 1 aromatic rings. The monoisotopic (exact) mass is 534 g/mol. The summed E-state index contributed by atoms with van der Waals surface area (Å²) >= 11 is 0. The minimum Gasteiger partial charge on any atom is -0.469 e. The van der Waals surface area contributed by atoms with Crippen LogP contribution >= 0.6 is 0 Å². The summed E-state index contributed by atoms with van der Waals surface area (Å²) in [7, 11) is -0.0385. The van der Waals surface area contributed by atoms with Crippen LogP contribution in [0.5, 0.6) is 0 Å². The Bertz CT molecular complexity index is 953. The highest BCUT2D eigenvalue weighted by molar-refractivity contribution is 6.76. The van der Waals surface area contributed by atoms with Gasteiger partial charge in [-0.25, -0.2) is 4.68 Å². The molecule has 2 unspecified atom stereocenters. The Morgan fingerprint density at radius 1 is 1.28 bits per heavy atom. The number of aromatic nitrogens is 2. The molecule has 0 radical (unpaired) electrons. The predicted octanol–water partition coefficient (Wildman–Crippen LogP) is 2.71. The van der Waals surface area contributed by atoms with Crippen molar-refractivity contribution in [1.29, 1.82) is 0 Å². The number of carbonyl (C=O) groups excluding carboxylic acids is 1. The number of ether oxygens (including phenoxy) is 3. The van der Waals surface area contributed by atoms with E-state index in [1.54, 1.807) is 4.90 Å². The highest BCUT2D eigenvalue weighted by atomic mass is 28.3. The maximum Gasteiger partial charge on any atom is 0.423 e. The second-order valence-electron chi connectivity index (χ2n) is 10.6. The molecule has 0 aromatic carbocycles. The van der Waals surface area contributed by atoms with Crippen LogP contribution in [0.25, 0.3) is 0 Å². The third-order valence-corrected chi connectivity index (χ3v) is 8.28. The number of alkyl halides is 3. The number of nitrogens with zero attached hydrogens (tertiary/aromatic N) is 3. The van der Waals surface area contributed by atoms with Gasteiger partial charge in [0.2, 0.25) is 0 Å². The summed E-state index contributed by atoms with van der Waals surface area (Å²) in [6, 6.07) is 0.493.